The zero-order chi connectivity index (χ0) is 17.9. The van der Waals surface area contributed by atoms with Gasteiger partial charge in [-0.1, -0.05) is 37.3 Å². The Morgan fingerprint density at radius 3 is 2.56 bits per heavy atom. The first-order valence-electron chi connectivity index (χ1n) is 9.61. The van der Waals surface area contributed by atoms with Gasteiger partial charge in [0.15, 0.2) is 5.96 Å². The van der Waals surface area contributed by atoms with Gasteiger partial charge in [-0.05, 0) is 38.3 Å². The van der Waals surface area contributed by atoms with Crippen LogP contribution in [0.5, 0.6) is 0 Å². The summed E-state index contributed by atoms with van der Waals surface area (Å²) < 4.78 is 5.63. The maximum absolute atomic E-state index is 5.63. The first kappa shape index (κ1) is 19.7. The largest absolute Gasteiger partial charge is 0.375 e. The van der Waals surface area contributed by atoms with Crippen LogP contribution in [0, 0.1) is 0 Å². The fraction of sp³-hybridized carbons (Fsp3) is 0.650. The van der Waals surface area contributed by atoms with Crippen molar-refractivity contribution in [2.75, 3.05) is 39.8 Å². The van der Waals surface area contributed by atoms with E-state index in [1.54, 1.807) is 7.11 Å². The van der Waals surface area contributed by atoms with Gasteiger partial charge >= 0.3 is 0 Å². The highest BCUT2D eigenvalue weighted by atomic mass is 16.5. The number of aliphatic imine (C=N–C) groups is 1. The van der Waals surface area contributed by atoms with Crippen molar-refractivity contribution in [3.8, 4) is 0 Å². The quantitative estimate of drug-likeness (QED) is 0.561. The number of guanidine groups is 1. The van der Waals surface area contributed by atoms with Crippen molar-refractivity contribution in [2.45, 2.75) is 45.3 Å². The van der Waals surface area contributed by atoms with Gasteiger partial charge in [-0.15, -0.1) is 0 Å². The molecule has 2 rings (SSSR count). The van der Waals surface area contributed by atoms with Crippen molar-refractivity contribution in [3.63, 3.8) is 0 Å². The maximum Gasteiger partial charge on any atom is 0.191 e. The fourth-order valence-electron chi connectivity index (χ4n) is 3.29. The minimum atomic E-state index is -0.0111. The molecule has 0 aliphatic carbocycles. The van der Waals surface area contributed by atoms with E-state index in [1.807, 2.05) is 18.2 Å². The summed E-state index contributed by atoms with van der Waals surface area (Å²) in [7, 11) is 1.75. The molecule has 0 amide bonds. The van der Waals surface area contributed by atoms with E-state index in [0.29, 0.717) is 12.6 Å². The van der Waals surface area contributed by atoms with E-state index in [2.05, 4.69) is 41.5 Å². The van der Waals surface area contributed by atoms with E-state index in [4.69, 9.17) is 9.73 Å². The summed E-state index contributed by atoms with van der Waals surface area (Å²) in [5.41, 5.74) is 1.16. The number of rotatable bonds is 8. The van der Waals surface area contributed by atoms with Crippen LogP contribution in [0.3, 0.4) is 0 Å². The lowest BCUT2D eigenvalue weighted by Gasteiger charge is -2.32. The number of ether oxygens (including phenoxy) is 1. The van der Waals surface area contributed by atoms with E-state index >= 15 is 0 Å². The van der Waals surface area contributed by atoms with Gasteiger partial charge in [0.2, 0.25) is 0 Å². The zero-order valence-corrected chi connectivity index (χ0v) is 16.0. The van der Waals surface area contributed by atoms with E-state index < -0.39 is 0 Å². The molecule has 1 unspecified atom stereocenters. The molecule has 1 heterocycles. The minimum absolute atomic E-state index is 0.0111. The van der Waals surface area contributed by atoms with Crippen molar-refractivity contribution in [3.05, 3.63) is 35.9 Å². The lowest BCUT2D eigenvalue weighted by atomic mass is 10.1. The molecule has 1 aliphatic rings. The fourth-order valence-corrected chi connectivity index (χ4v) is 3.29. The zero-order valence-electron chi connectivity index (χ0n) is 16.0. The molecule has 1 saturated heterocycles. The SMILES string of the molecule is CCCN1CCC(NC(=NCC(OC)c2ccccc2)NCC)CC1. The van der Waals surface area contributed by atoms with Gasteiger partial charge in [0, 0.05) is 32.8 Å². The van der Waals surface area contributed by atoms with Crippen LogP contribution in [0.25, 0.3) is 0 Å². The standard InChI is InChI=1S/C20H34N4O/c1-4-13-24-14-11-18(12-15-24)23-20(21-5-2)22-16-19(25-3)17-9-7-6-8-10-17/h6-10,18-19H,4-5,11-16H2,1-3H3,(H2,21,22,23). The van der Waals surface area contributed by atoms with Crippen LogP contribution in [0.4, 0.5) is 0 Å². The third kappa shape index (κ3) is 6.67. The van der Waals surface area contributed by atoms with Gasteiger partial charge in [0.1, 0.15) is 6.10 Å². The van der Waals surface area contributed by atoms with Gasteiger partial charge in [-0.2, -0.15) is 0 Å². The van der Waals surface area contributed by atoms with Crippen LogP contribution < -0.4 is 10.6 Å². The summed E-state index contributed by atoms with van der Waals surface area (Å²) in [6, 6.07) is 10.8. The molecule has 1 aromatic rings. The van der Waals surface area contributed by atoms with Crippen LogP contribution in [0.15, 0.2) is 35.3 Å². The Morgan fingerprint density at radius 2 is 1.96 bits per heavy atom. The molecule has 5 nitrogen and oxygen atoms in total. The smallest absolute Gasteiger partial charge is 0.191 e. The Balaban J connectivity index is 1.89. The van der Waals surface area contributed by atoms with Gasteiger partial charge in [-0.3, -0.25) is 4.99 Å². The van der Waals surface area contributed by atoms with Gasteiger partial charge in [0.25, 0.3) is 0 Å². The highest BCUT2D eigenvalue weighted by Crippen LogP contribution is 2.16. The molecule has 25 heavy (non-hydrogen) atoms. The number of nitrogens with zero attached hydrogens (tertiary/aromatic N) is 2. The molecule has 0 aromatic heterocycles. The number of likely N-dealkylation sites (tertiary alicyclic amines) is 1. The second-order valence-corrected chi connectivity index (χ2v) is 6.61. The van der Waals surface area contributed by atoms with Crippen LogP contribution in [0.2, 0.25) is 0 Å². The van der Waals surface area contributed by atoms with Crippen LogP contribution in [-0.4, -0.2) is 56.7 Å². The monoisotopic (exact) mass is 346 g/mol. The van der Waals surface area contributed by atoms with E-state index in [0.717, 1.165) is 18.1 Å². The minimum Gasteiger partial charge on any atom is -0.375 e. The number of nitrogens with one attached hydrogen (secondary N) is 2. The Bertz CT molecular complexity index is 498. The molecule has 0 radical (unpaired) electrons. The number of methoxy groups -OCH3 is 1. The summed E-state index contributed by atoms with van der Waals surface area (Å²) in [5.74, 6) is 0.898. The van der Waals surface area contributed by atoms with Gasteiger partial charge < -0.3 is 20.3 Å². The lowest BCUT2D eigenvalue weighted by Crippen LogP contribution is -2.48. The number of benzene rings is 1. The molecule has 0 spiro atoms. The van der Waals surface area contributed by atoms with E-state index in [-0.39, 0.29) is 6.10 Å². The summed E-state index contributed by atoms with van der Waals surface area (Å²) in [6.07, 6.45) is 3.58. The predicted octanol–water partition coefficient (Wildman–Crippen LogP) is 2.80. The van der Waals surface area contributed by atoms with Crippen molar-refractivity contribution in [1.29, 1.82) is 0 Å². The molecule has 0 bridgehead atoms. The third-order valence-electron chi connectivity index (χ3n) is 4.68. The Hall–Kier alpha value is -1.59. The highest BCUT2D eigenvalue weighted by Gasteiger charge is 2.19. The van der Waals surface area contributed by atoms with Gasteiger partial charge in [-0.25, -0.2) is 0 Å². The average molecular weight is 347 g/mol. The molecule has 1 fully saturated rings. The summed E-state index contributed by atoms with van der Waals surface area (Å²) >= 11 is 0. The number of hydrogen-bond donors (Lipinski definition) is 2. The second-order valence-electron chi connectivity index (χ2n) is 6.61. The summed E-state index contributed by atoms with van der Waals surface area (Å²) in [6.45, 7) is 9.40. The maximum atomic E-state index is 5.63. The van der Waals surface area contributed by atoms with Crippen molar-refractivity contribution >= 4 is 5.96 Å². The van der Waals surface area contributed by atoms with E-state index in [1.165, 1.54) is 38.9 Å². The number of piperidine rings is 1. The first-order valence-corrected chi connectivity index (χ1v) is 9.61. The normalized spacial score (nSPS) is 18.1. The van der Waals surface area contributed by atoms with Crippen LogP contribution in [0.1, 0.15) is 44.8 Å². The Labute approximate surface area is 152 Å². The summed E-state index contributed by atoms with van der Waals surface area (Å²) in [5, 5.41) is 6.97. The molecule has 1 atom stereocenters. The Morgan fingerprint density at radius 1 is 1.24 bits per heavy atom. The lowest BCUT2D eigenvalue weighted by molar-refractivity contribution is 0.111. The first-order chi connectivity index (χ1) is 12.3. The average Bonchev–Trinajstić information content (AvgIpc) is 2.65. The molecule has 1 aromatic carbocycles. The molecular formula is C20H34N4O. The van der Waals surface area contributed by atoms with Gasteiger partial charge in [0.05, 0.1) is 6.54 Å². The molecule has 2 N–H and O–H groups in total. The Kier molecular flexibility index (Phi) is 8.77. The number of hydrogen-bond acceptors (Lipinski definition) is 3. The molecular weight excluding hydrogens is 312 g/mol. The molecule has 0 saturated carbocycles. The van der Waals surface area contributed by atoms with Crippen molar-refractivity contribution in [2.24, 2.45) is 4.99 Å². The molecule has 140 valence electrons. The van der Waals surface area contributed by atoms with Crippen molar-refractivity contribution in [1.82, 2.24) is 15.5 Å². The van der Waals surface area contributed by atoms with Crippen LogP contribution in [-0.2, 0) is 4.74 Å². The third-order valence-corrected chi connectivity index (χ3v) is 4.68. The predicted molar refractivity (Wildman–Crippen MR) is 105 cm³/mol. The topological polar surface area (TPSA) is 48.9 Å². The highest BCUT2D eigenvalue weighted by molar-refractivity contribution is 5.80. The van der Waals surface area contributed by atoms with E-state index in [9.17, 15) is 0 Å². The van der Waals surface area contributed by atoms with Crippen LogP contribution >= 0.6 is 0 Å². The molecule has 5 heteroatoms. The van der Waals surface area contributed by atoms with Crippen molar-refractivity contribution < 1.29 is 4.74 Å². The second kappa shape index (κ2) is 11.1. The molecule has 1 aliphatic heterocycles. The summed E-state index contributed by atoms with van der Waals surface area (Å²) in [4.78, 5) is 7.32.